The van der Waals surface area contributed by atoms with Crippen LogP contribution in [0.5, 0.6) is 0 Å². The molecular formula is C10H12ClF. The highest BCUT2D eigenvalue weighted by atomic mass is 35.5. The SMILES string of the molecule is CC(C)(Cl)Cc1ccccc1F. The molecular weight excluding hydrogens is 175 g/mol. The lowest BCUT2D eigenvalue weighted by Gasteiger charge is -2.15. The summed E-state index contributed by atoms with van der Waals surface area (Å²) < 4.78 is 13.1. The Hall–Kier alpha value is -0.560. The third-order valence-corrected chi connectivity index (χ3v) is 1.70. The summed E-state index contributed by atoms with van der Waals surface area (Å²) in [6, 6.07) is 6.72. The first-order valence-electron chi connectivity index (χ1n) is 3.91. The maximum Gasteiger partial charge on any atom is 0.126 e. The highest BCUT2D eigenvalue weighted by Gasteiger charge is 2.15. The van der Waals surface area contributed by atoms with Crippen LogP contribution in [0.4, 0.5) is 4.39 Å². The first-order valence-corrected chi connectivity index (χ1v) is 4.29. The molecule has 0 atom stereocenters. The van der Waals surface area contributed by atoms with Gasteiger partial charge in [0.25, 0.3) is 0 Å². The lowest BCUT2D eigenvalue weighted by molar-refractivity contribution is 0.588. The van der Waals surface area contributed by atoms with Gasteiger partial charge in [0.15, 0.2) is 0 Å². The highest BCUT2D eigenvalue weighted by molar-refractivity contribution is 6.23. The zero-order valence-electron chi connectivity index (χ0n) is 7.27. The minimum absolute atomic E-state index is 0.175. The molecule has 0 saturated heterocycles. The number of halogens is 2. The van der Waals surface area contributed by atoms with Crippen molar-refractivity contribution in [3.05, 3.63) is 35.6 Å². The van der Waals surface area contributed by atoms with E-state index in [1.807, 2.05) is 19.9 Å². The number of alkyl halides is 1. The molecule has 1 aromatic carbocycles. The van der Waals surface area contributed by atoms with E-state index in [9.17, 15) is 4.39 Å². The molecule has 0 aliphatic carbocycles. The average Bonchev–Trinajstić information content (AvgIpc) is 1.91. The van der Waals surface area contributed by atoms with Crippen molar-refractivity contribution in [1.29, 1.82) is 0 Å². The van der Waals surface area contributed by atoms with Gasteiger partial charge >= 0.3 is 0 Å². The van der Waals surface area contributed by atoms with Crippen molar-refractivity contribution in [2.24, 2.45) is 0 Å². The summed E-state index contributed by atoms with van der Waals surface area (Å²) >= 11 is 5.97. The molecule has 1 rings (SSSR count). The first-order chi connectivity index (χ1) is 5.49. The second kappa shape index (κ2) is 3.44. The molecule has 1 aromatic rings. The van der Waals surface area contributed by atoms with Crippen LogP contribution in [0.2, 0.25) is 0 Å². The zero-order valence-corrected chi connectivity index (χ0v) is 8.03. The lowest BCUT2D eigenvalue weighted by Crippen LogP contribution is -2.14. The first kappa shape index (κ1) is 9.53. The summed E-state index contributed by atoms with van der Waals surface area (Å²) in [7, 11) is 0. The Balaban J connectivity index is 2.83. The van der Waals surface area contributed by atoms with Crippen LogP contribution in [0.25, 0.3) is 0 Å². The third-order valence-electron chi connectivity index (χ3n) is 1.57. The summed E-state index contributed by atoms with van der Waals surface area (Å²) in [5, 5.41) is 0. The quantitative estimate of drug-likeness (QED) is 0.622. The average molecular weight is 187 g/mol. The Kier molecular flexibility index (Phi) is 2.73. The molecule has 0 aliphatic rings. The number of hydrogen-bond acceptors (Lipinski definition) is 0. The molecule has 0 N–H and O–H groups in total. The van der Waals surface area contributed by atoms with E-state index in [1.165, 1.54) is 6.07 Å². The largest absolute Gasteiger partial charge is 0.207 e. The molecule has 66 valence electrons. The number of hydrogen-bond donors (Lipinski definition) is 0. The fourth-order valence-electron chi connectivity index (χ4n) is 1.09. The molecule has 0 aromatic heterocycles. The smallest absolute Gasteiger partial charge is 0.126 e. The van der Waals surface area contributed by atoms with Crippen molar-refractivity contribution in [1.82, 2.24) is 0 Å². The van der Waals surface area contributed by atoms with Crippen LogP contribution in [0.3, 0.4) is 0 Å². The molecule has 0 saturated carbocycles. The van der Waals surface area contributed by atoms with E-state index in [1.54, 1.807) is 12.1 Å². The maximum absolute atomic E-state index is 13.1. The van der Waals surface area contributed by atoms with E-state index >= 15 is 0 Å². The second-order valence-electron chi connectivity index (χ2n) is 3.49. The van der Waals surface area contributed by atoms with Crippen LogP contribution in [0, 0.1) is 5.82 Å². The predicted molar refractivity (Wildman–Crippen MR) is 50.0 cm³/mol. The van der Waals surface area contributed by atoms with Crippen LogP contribution < -0.4 is 0 Å². The molecule has 0 fully saturated rings. The highest BCUT2D eigenvalue weighted by Crippen LogP contribution is 2.20. The van der Waals surface area contributed by atoms with Crippen LogP contribution in [0.1, 0.15) is 19.4 Å². The summed E-state index contributed by atoms with van der Waals surface area (Å²) in [6.45, 7) is 3.75. The van der Waals surface area contributed by atoms with Gasteiger partial charge in [-0.15, -0.1) is 11.6 Å². The zero-order chi connectivity index (χ0) is 9.19. The summed E-state index contributed by atoms with van der Waals surface area (Å²) in [5.41, 5.74) is 0.678. The van der Waals surface area contributed by atoms with Crippen molar-refractivity contribution in [2.75, 3.05) is 0 Å². The molecule has 2 heteroatoms. The predicted octanol–water partition coefficient (Wildman–Crippen LogP) is 3.39. The number of rotatable bonds is 2. The third kappa shape index (κ3) is 2.82. The minimum Gasteiger partial charge on any atom is -0.207 e. The molecule has 0 aliphatic heterocycles. The van der Waals surface area contributed by atoms with Gasteiger partial charge in [-0.3, -0.25) is 0 Å². The van der Waals surface area contributed by atoms with Gasteiger partial charge in [-0.05, 0) is 31.9 Å². The van der Waals surface area contributed by atoms with Gasteiger partial charge in [-0.2, -0.15) is 0 Å². The van der Waals surface area contributed by atoms with Crippen molar-refractivity contribution < 1.29 is 4.39 Å². The van der Waals surface area contributed by atoms with Crippen molar-refractivity contribution >= 4 is 11.6 Å². The monoisotopic (exact) mass is 186 g/mol. The fraction of sp³-hybridized carbons (Fsp3) is 0.400. The van der Waals surface area contributed by atoms with E-state index in [-0.39, 0.29) is 10.7 Å². The maximum atomic E-state index is 13.1. The van der Waals surface area contributed by atoms with Crippen LogP contribution in [-0.2, 0) is 6.42 Å². The van der Waals surface area contributed by atoms with Gasteiger partial charge in [0, 0.05) is 4.87 Å². The normalized spacial score (nSPS) is 11.7. The van der Waals surface area contributed by atoms with Crippen molar-refractivity contribution in [2.45, 2.75) is 25.1 Å². The Morgan fingerprint density at radius 2 is 1.92 bits per heavy atom. The summed E-state index contributed by atoms with van der Waals surface area (Å²) in [5.74, 6) is -0.175. The molecule has 12 heavy (non-hydrogen) atoms. The van der Waals surface area contributed by atoms with E-state index in [4.69, 9.17) is 11.6 Å². The Morgan fingerprint density at radius 3 is 2.42 bits per heavy atom. The molecule has 0 spiro atoms. The van der Waals surface area contributed by atoms with Gasteiger partial charge in [-0.25, -0.2) is 4.39 Å². The van der Waals surface area contributed by atoms with Crippen LogP contribution in [0.15, 0.2) is 24.3 Å². The summed E-state index contributed by atoms with van der Waals surface area (Å²) in [4.78, 5) is -0.373. The van der Waals surface area contributed by atoms with Gasteiger partial charge in [0.2, 0.25) is 0 Å². The van der Waals surface area contributed by atoms with Gasteiger partial charge in [0.05, 0.1) is 0 Å². The van der Waals surface area contributed by atoms with Crippen LogP contribution in [-0.4, -0.2) is 4.87 Å². The Labute approximate surface area is 77.4 Å². The summed E-state index contributed by atoms with van der Waals surface area (Å²) in [6.07, 6.45) is 0.557. The molecule has 0 bridgehead atoms. The molecule has 0 radical (unpaired) electrons. The Morgan fingerprint density at radius 1 is 1.33 bits per heavy atom. The molecule has 0 unspecified atom stereocenters. The lowest BCUT2D eigenvalue weighted by atomic mass is 10.0. The second-order valence-corrected chi connectivity index (χ2v) is 4.51. The standard InChI is InChI=1S/C10H12ClF/c1-10(2,11)7-8-5-3-4-6-9(8)12/h3-6H,7H2,1-2H3. The number of benzene rings is 1. The van der Waals surface area contributed by atoms with Crippen LogP contribution >= 0.6 is 11.6 Å². The van der Waals surface area contributed by atoms with E-state index in [0.717, 1.165) is 0 Å². The minimum atomic E-state index is -0.373. The fourth-order valence-corrected chi connectivity index (χ4v) is 1.24. The molecule has 0 amide bonds. The van der Waals surface area contributed by atoms with Gasteiger partial charge < -0.3 is 0 Å². The van der Waals surface area contributed by atoms with Gasteiger partial charge in [-0.1, -0.05) is 18.2 Å². The topological polar surface area (TPSA) is 0 Å². The van der Waals surface area contributed by atoms with E-state index in [0.29, 0.717) is 12.0 Å². The Bertz CT molecular complexity index is 263. The van der Waals surface area contributed by atoms with Gasteiger partial charge in [0.1, 0.15) is 5.82 Å². The van der Waals surface area contributed by atoms with Crippen molar-refractivity contribution in [3.8, 4) is 0 Å². The van der Waals surface area contributed by atoms with E-state index < -0.39 is 0 Å². The molecule has 0 nitrogen and oxygen atoms in total. The van der Waals surface area contributed by atoms with Crippen molar-refractivity contribution in [3.63, 3.8) is 0 Å². The molecule has 0 heterocycles. The van der Waals surface area contributed by atoms with E-state index in [2.05, 4.69) is 0 Å².